The van der Waals surface area contributed by atoms with Gasteiger partial charge in [0, 0.05) is 41.8 Å². The molecule has 3 aromatic heterocycles. The highest BCUT2D eigenvalue weighted by Crippen LogP contribution is 2.34. The van der Waals surface area contributed by atoms with E-state index < -0.39 is 0 Å². The van der Waals surface area contributed by atoms with Crippen molar-refractivity contribution in [2.45, 2.75) is 13.8 Å². The summed E-state index contributed by atoms with van der Waals surface area (Å²) in [7, 11) is 0. The quantitative estimate of drug-likeness (QED) is 0.447. The van der Waals surface area contributed by atoms with E-state index in [1.54, 1.807) is 18.2 Å². The summed E-state index contributed by atoms with van der Waals surface area (Å²) in [6.07, 6.45) is 1.91. The van der Waals surface area contributed by atoms with Gasteiger partial charge >= 0.3 is 0 Å². The third-order valence-corrected chi connectivity index (χ3v) is 5.28. The van der Waals surface area contributed by atoms with Crippen LogP contribution >= 0.6 is 11.3 Å². The highest BCUT2D eigenvalue weighted by molar-refractivity contribution is 7.15. The molecule has 0 amide bonds. The van der Waals surface area contributed by atoms with Gasteiger partial charge in [0.25, 0.3) is 0 Å². The van der Waals surface area contributed by atoms with E-state index in [0.717, 1.165) is 16.2 Å². The van der Waals surface area contributed by atoms with E-state index in [-0.39, 0.29) is 17.8 Å². The summed E-state index contributed by atoms with van der Waals surface area (Å²) >= 11 is 1.50. The summed E-state index contributed by atoms with van der Waals surface area (Å²) in [5.41, 5.74) is 8.55. The molecule has 0 atom stereocenters. The summed E-state index contributed by atoms with van der Waals surface area (Å²) in [6, 6.07) is 7.89. The van der Waals surface area contributed by atoms with Crippen LogP contribution in [0, 0.1) is 11.2 Å². The van der Waals surface area contributed by atoms with Crippen LogP contribution in [-0.4, -0.2) is 37.6 Å². The Morgan fingerprint density at radius 2 is 1.97 bits per heavy atom. The average Bonchev–Trinajstić information content (AvgIpc) is 3.28. The number of anilines is 2. The van der Waals surface area contributed by atoms with E-state index in [4.69, 9.17) is 10.7 Å². The molecule has 0 bridgehead atoms. The molecular formula is C20H21FN6OS. The van der Waals surface area contributed by atoms with Crippen LogP contribution in [0.5, 0.6) is 0 Å². The predicted octanol–water partition coefficient (Wildman–Crippen LogP) is 3.67. The highest BCUT2D eigenvalue weighted by atomic mass is 32.1. The van der Waals surface area contributed by atoms with Crippen molar-refractivity contribution in [2.75, 3.05) is 24.2 Å². The van der Waals surface area contributed by atoms with Crippen LogP contribution in [0.2, 0.25) is 0 Å². The van der Waals surface area contributed by atoms with Crippen LogP contribution in [-0.2, 0) is 0 Å². The first kappa shape index (κ1) is 19.3. The molecule has 0 aliphatic rings. The average molecular weight is 412 g/mol. The lowest BCUT2D eigenvalue weighted by Gasteiger charge is -2.22. The monoisotopic (exact) mass is 412 g/mol. The number of nitrogen functional groups attached to an aromatic ring is 1. The largest absolute Gasteiger partial charge is 0.396 e. The molecule has 4 aromatic rings. The summed E-state index contributed by atoms with van der Waals surface area (Å²) < 4.78 is 15.3. The first-order valence-electron chi connectivity index (χ1n) is 9.07. The molecular weight excluding hydrogens is 391 g/mol. The van der Waals surface area contributed by atoms with Crippen LogP contribution in [0.1, 0.15) is 13.8 Å². The molecule has 0 saturated carbocycles. The maximum Gasteiger partial charge on any atom is 0.225 e. The van der Waals surface area contributed by atoms with Gasteiger partial charge in [0.1, 0.15) is 17.3 Å². The Kier molecular flexibility index (Phi) is 4.93. The number of aliphatic hydroxyl groups is 1. The molecule has 0 spiro atoms. The second kappa shape index (κ2) is 7.41. The molecule has 4 N–H and O–H groups in total. The lowest BCUT2D eigenvalue weighted by Crippen LogP contribution is -2.27. The molecule has 0 fully saturated rings. The Morgan fingerprint density at radius 3 is 2.69 bits per heavy atom. The van der Waals surface area contributed by atoms with Gasteiger partial charge in [-0.05, 0) is 24.3 Å². The van der Waals surface area contributed by atoms with Crippen molar-refractivity contribution in [3.05, 3.63) is 47.7 Å². The van der Waals surface area contributed by atoms with Gasteiger partial charge in [-0.15, -0.1) is 11.3 Å². The van der Waals surface area contributed by atoms with Gasteiger partial charge in [-0.1, -0.05) is 13.8 Å². The number of hydrogen-bond acceptors (Lipinski definition) is 7. The van der Waals surface area contributed by atoms with Crippen molar-refractivity contribution in [1.29, 1.82) is 0 Å². The number of aliphatic hydroxyl groups excluding tert-OH is 1. The molecule has 4 rings (SSSR count). The minimum atomic E-state index is -0.329. The Labute approximate surface area is 171 Å². The summed E-state index contributed by atoms with van der Waals surface area (Å²) in [5, 5.41) is 14.6. The minimum Gasteiger partial charge on any atom is -0.396 e. The molecule has 0 radical (unpaired) electrons. The topological polar surface area (TPSA) is 101 Å². The maximum absolute atomic E-state index is 13.4. The number of fused-ring (bicyclic) bond motifs is 1. The third-order valence-electron chi connectivity index (χ3n) is 4.52. The fraction of sp³-hybridized carbons (Fsp3) is 0.250. The molecule has 0 aliphatic heterocycles. The predicted molar refractivity (Wildman–Crippen MR) is 113 cm³/mol. The molecule has 0 aliphatic carbocycles. The number of thiazole rings is 1. The van der Waals surface area contributed by atoms with Crippen LogP contribution < -0.4 is 11.1 Å². The van der Waals surface area contributed by atoms with Crippen LogP contribution in [0.3, 0.4) is 0 Å². The molecule has 0 saturated heterocycles. The fourth-order valence-corrected chi connectivity index (χ4v) is 3.59. The van der Waals surface area contributed by atoms with Crippen LogP contribution in [0.15, 0.2) is 41.9 Å². The number of nitrogens with zero attached hydrogens (tertiary/aromatic N) is 4. The van der Waals surface area contributed by atoms with E-state index in [0.29, 0.717) is 29.7 Å². The standard InChI is InChI=1S/C20H21FN6OS/c1-20(2,11-28)10-23-18-24-14(9-15(22)25-18)17-16(12-3-5-13(21)6-4-12)26-19-27(17)7-8-29-19/h3-9,28H,10-11H2,1-2H3,(H3,22,23,24,25). The number of nitrogens with two attached hydrogens (primary N) is 1. The van der Waals surface area contributed by atoms with Gasteiger partial charge in [0.05, 0.1) is 11.4 Å². The Bertz CT molecular complexity index is 1150. The van der Waals surface area contributed by atoms with E-state index >= 15 is 0 Å². The van der Waals surface area contributed by atoms with E-state index in [9.17, 15) is 9.50 Å². The number of halogens is 1. The normalized spacial score (nSPS) is 11.9. The molecule has 9 heteroatoms. The van der Waals surface area contributed by atoms with Crippen molar-refractivity contribution < 1.29 is 9.50 Å². The number of nitrogens with one attached hydrogen (secondary N) is 1. The fourth-order valence-electron chi connectivity index (χ4n) is 2.88. The zero-order chi connectivity index (χ0) is 20.6. The third kappa shape index (κ3) is 3.92. The lowest BCUT2D eigenvalue weighted by molar-refractivity contribution is 0.170. The summed E-state index contributed by atoms with van der Waals surface area (Å²) in [6.45, 7) is 4.39. The van der Waals surface area contributed by atoms with E-state index in [1.165, 1.54) is 23.5 Å². The van der Waals surface area contributed by atoms with Crippen molar-refractivity contribution >= 4 is 28.1 Å². The number of rotatable bonds is 6. The highest BCUT2D eigenvalue weighted by Gasteiger charge is 2.21. The van der Waals surface area contributed by atoms with Gasteiger partial charge in [0.2, 0.25) is 5.95 Å². The van der Waals surface area contributed by atoms with Gasteiger partial charge in [-0.3, -0.25) is 4.40 Å². The van der Waals surface area contributed by atoms with E-state index in [1.807, 2.05) is 29.8 Å². The smallest absolute Gasteiger partial charge is 0.225 e. The summed E-state index contributed by atoms with van der Waals surface area (Å²) in [5.74, 6) is 0.381. The van der Waals surface area contributed by atoms with Crippen molar-refractivity contribution in [3.8, 4) is 22.6 Å². The number of hydrogen-bond donors (Lipinski definition) is 3. The first-order chi connectivity index (χ1) is 13.9. The molecule has 0 unspecified atom stereocenters. The zero-order valence-corrected chi connectivity index (χ0v) is 16.9. The Balaban J connectivity index is 1.81. The molecule has 150 valence electrons. The number of benzene rings is 1. The van der Waals surface area contributed by atoms with Crippen molar-refractivity contribution in [1.82, 2.24) is 19.4 Å². The first-order valence-corrected chi connectivity index (χ1v) is 9.95. The van der Waals surface area contributed by atoms with Crippen molar-refractivity contribution in [3.63, 3.8) is 0 Å². The zero-order valence-electron chi connectivity index (χ0n) is 16.1. The van der Waals surface area contributed by atoms with Crippen LogP contribution in [0.25, 0.3) is 27.6 Å². The Morgan fingerprint density at radius 1 is 1.21 bits per heavy atom. The Hall–Kier alpha value is -3.04. The summed E-state index contributed by atoms with van der Waals surface area (Å²) in [4.78, 5) is 14.4. The molecule has 1 aromatic carbocycles. The van der Waals surface area contributed by atoms with Gasteiger partial charge in [0.15, 0.2) is 4.96 Å². The van der Waals surface area contributed by atoms with Crippen LogP contribution in [0.4, 0.5) is 16.2 Å². The molecule has 3 heterocycles. The second-order valence-electron chi connectivity index (χ2n) is 7.55. The maximum atomic E-state index is 13.4. The molecule has 29 heavy (non-hydrogen) atoms. The van der Waals surface area contributed by atoms with Crippen molar-refractivity contribution in [2.24, 2.45) is 5.41 Å². The number of aromatic nitrogens is 4. The van der Waals surface area contributed by atoms with Gasteiger partial charge < -0.3 is 16.2 Å². The van der Waals surface area contributed by atoms with E-state index in [2.05, 4.69) is 15.3 Å². The second-order valence-corrected chi connectivity index (χ2v) is 8.42. The SMILES string of the molecule is CC(C)(CO)CNc1nc(N)cc(-c2c(-c3ccc(F)cc3)nc3sccn23)n1. The minimum absolute atomic E-state index is 0.0298. The lowest BCUT2D eigenvalue weighted by atomic mass is 9.95. The van der Waals surface area contributed by atoms with Gasteiger partial charge in [-0.2, -0.15) is 4.98 Å². The van der Waals surface area contributed by atoms with Gasteiger partial charge in [-0.25, -0.2) is 14.4 Å². The number of imidazole rings is 1. The molecule has 7 nitrogen and oxygen atoms in total.